The average molecular weight is 432 g/mol. The highest BCUT2D eigenvalue weighted by atomic mass is 32.2. The summed E-state index contributed by atoms with van der Waals surface area (Å²) in [4.78, 5) is 20.4. The van der Waals surface area contributed by atoms with Crippen molar-refractivity contribution in [3.63, 3.8) is 0 Å². The predicted molar refractivity (Wildman–Crippen MR) is 122 cm³/mol. The van der Waals surface area contributed by atoms with E-state index >= 15 is 0 Å². The molecule has 0 spiro atoms. The van der Waals surface area contributed by atoms with Crippen LogP contribution in [0, 0.1) is 25.2 Å². The molecule has 0 saturated carbocycles. The second-order valence-electron chi connectivity index (χ2n) is 6.98. The van der Waals surface area contributed by atoms with Crippen molar-refractivity contribution >= 4 is 34.5 Å². The number of carbonyl (C=O) groups excluding carboxylic acids is 1. The lowest BCUT2D eigenvalue weighted by Gasteiger charge is -2.13. The Labute approximate surface area is 184 Å². The van der Waals surface area contributed by atoms with E-state index in [9.17, 15) is 10.1 Å². The molecule has 31 heavy (non-hydrogen) atoms. The molecule has 4 rings (SSSR count). The minimum Gasteiger partial charge on any atom is -0.497 e. The highest BCUT2D eigenvalue weighted by Gasteiger charge is 2.21. The van der Waals surface area contributed by atoms with Crippen molar-refractivity contribution in [1.82, 2.24) is 14.5 Å². The molecule has 0 aliphatic carbocycles. The Morgan fingerprint density at radius 1 is 1.23 bits per heavy atom. The van der Waals surface area contributed by atoms with Gasteiger partial charge >= 0.3 is 0 Å². The number of ether oxygens (including phenoxy) is 1. The number of carbonyl (C=O) groups is 1. The van der Waals surface area contributed by atoms with Crippen LogP contribution in [-0.2, 0) is 4.79 Å². The molecule has 0 radical (unpaired) electrons. The summed E-state index contributed by atoms with van der Waals surface area (Å²) in [6.45, 7) is 3.81. The summed E-state index contributed by atoms with van der Waals surface area (Å²) in [5.41, 5.74) is 4.80. The van der Waals surface area contributed by atoms with Crippen LogP contribution < -0.4 is 10.1 Å². The molecule has 8 heteroatoms. The fraction of sp³-hybridized carbons (Fsp3) is 0.174. The Kier molecular flexibility index (Phi) is 5.69. The number of nitrogens with zero attached hydrogens (tertiary/aromatic N) is 3. The van der Waals surface area contributed by atoms with Crippen molar-refractivity contribution in [2.45, 2.75) is 19.0 Å². The number of methoxy groups -OCH3 is 1. The molecule has 0 bridgehead atoms. The van der Waals surface area contributed by atoms with Crippen LogP contribution in [0.25, 0.3) is 16.7 Å². The van der Waals surface area contributed by atoms with E-state index in [1.165, 1.54) is 11.8 Å². The first-order chi connectivity index (χ1) is 15.0. The normalized spacial score (nSPS) is 10.8. The third-order valence-corrected chi connectivity index (χ3v) is 5.99. The van der Waals surface area contributed by atoms with E-state index < -0.39 is 0 Å². The van der Waals surface area contributed by atoms with E-state index in [2.05, 4.69) is 21.4 Å². The van der Waals surface area contributed by atoms with Gasteiger partial charge in [-0.2, -0.15) is 5.26 Å². The van der Waals surface area contributed by atoms with Crippen molar-refractivity contribution in [2.75, 3.05) is 18.2 Å². The highest BCUT2D eigenvalue weighted by Crippen LogP contribution is 2.31. The predicted octanol–water partition coefficient (Wildman–Crippen LogP) is 4.58. The second kappa shape index (κ2) is 8.58. The number of para-hydroxylation sites is 2. The molecule has 0 aliphatic rings. The molecular weight excluding hydrogens is 410 g/mol. The molecule has 2 aromatic heterocycles. The first kappa shape index (κ1) is 20.6. The van der Waals surface area contributed by atoms with Gasteiger partial charge in [0.25, 0.3) is 0 Å². The number of hydrogen-bond donors (Lipinski definition) is 2. The Morgan fingerprint density at radius 3 is 2.65 bits per heavy atom. The Balaban J connectivity index is 1.58. The maximum atomic E-state index is 12.8. The zero-order chi connectivity index (χ0) is 22.0. The maximum Gasteiger partial charge on any atom is 0.236 e. The monoisotopic (exact) mass is 431 g/mol. The van der Waals surface area contributed by atoms with Crippen LogP contribution in [0.3, 0.4) is 0 Å². The Bertz CT molecular complexity index is 1270. The zero-order valence-electron chi connectivity index (χ0n) is 17.4. The van der Waals surface area contributed by atoms with Gasteiger partial charge in [0.2, 0.25) is 5.91 Å². The lowest BCUT2D eigenvalue weighted by molar-refractivity contribution is -0.113. The number of H-pyrrole nitrogens is 1. The molecule has 2 N–H and O–H groups in total. The number of benzene rings is 2. The number of rotatable bonds is 6. The van der Waals surface area contributed by atoms with Crippen LogP contribution in [0.1, 0.15) is 16.8 Å². The average Bonchev–Trinajstić information content (AvgIpc) is 3.31. The van der Waals surface area contributed by atoms with Crippen LogP contribution in [0.15, 0.2) is 53.7 Å². The molecule has 2 heterocycles. The van der Waals surface area contributed by atoms with Crippen molar-refractivity contribution in [1.29, 1.82) is 5.26 Å². The molecule has 0 aliphatic heterocycles. The van der Waals surface area contributed by atoms with Gasteiger partial charge in [0.05, 0.1) is 29.5 Å². The number of aromatic nitrogens is 3. The van der Waals surface area contributed by atoms with Crippen LogP contribution in [-0.4, -0.2) is 33.3 Å². The van der Waals surface area contributed by atoms with Gasteiger partial charge < -0.3 is 15.0 Å². The van der Waals surface area contributed by atoms with Crippen LogP contribution in [0.2, 0.25) is 0 Å². The summed E-state index contributed by atoms with van der Waals surface area (Å²) >= 11 is 1.32. The Hall–Kier alpha value is -3.70. The van der Waals surface area contributed by atoms with Crippen LogP contribution >= 0.6 is 11.8 Å². The summed E-state index contributed by atoms with van der Waals surface area (Å²) in [5, 5.41) is 13.3. The SMILES string of the molecule is COc1ccc(-n2c(C)c(C)c(C#N)c2NC(=O)CSc2nc3ccccc3[nH]2)cc1. The summed E-state index contributed by atoms with van der Waals surface area (Å²) in [5.74, 6) is 1.15. The summed E-state index contributed by atoms with van der Waals surface area (Å²) in [7, 11) is 1.61. The molecule has 4 aromatic rings. The molecule has 1 amide bonds. The second-order valence-corrected chi connectivity index (χ2v) is 7.94. The van der Waals surface area contributed by atoms with Gasteiger partial charge in [-0.15, -0.1) is 0 Å². The molecular formula is C23H21N5O2S. The topological polar surface area (TPSA) is 95.7 Å². The molecule has 0 saturated heterocycles. The molecule has 0 atom stereocenters. The van der Waals surface area contributed by atoms with Gasteiger partial charge in [-0.25, -0.2) is 4.98 Å². The molecule has 0 unspecified atom stereocenters. The molecule has 156 valence electrons. The van der Waals surface area contributed by atoms with E-state index in [1.54, 1.807) is 7.11 Å². The first-order valence-corrected chi connectivity index (χ1v) is 10.6. The van der Waals surface area contributed by atoms with E-state index in [1.807, 2.05) is 66.9 Å². The number of fused-ring (bicyclic) bond motifs is 1. The fourth-order valence-electron chi connectivity index (χ4n) is 3.41. The number of nitriles is 1. The Morgan fingerprint density at radius 2 is 1.97 bits per heavy atom. The first-order valence-electron chi connectivity index (χ1n) is 9.65. The number of anilines is 1. The molecule has 7 nitrogen and oxygen atoms in total. The molecule has 2 aromatic carbocycles. The van der Waals surface area contributed by atoms with Crippen molar-refractivity contribution in [3.8, 4) is 17.5 Å². The lowest BCUT2D eigenvalue weighted by Crippen LogP contribution is -2.17. The number of nitrogens with one attached hydrogen (secondary N) is 2. The minimum absolute atomic E-state index is 0.163. The van der Waals surface area contributed by atoms with Crippen LogP contribution in [0.5, 0.6) is 5.75 Å². The number of thioether (sulfide) groups is 1. The van der Waals surface area contributed by atoms with Crippen LogP contribution in [0.4, 0.5) is 5.82 Å². The van der Waals surface area contributed by atoms with Gasteiger partial charge in [-0.05, 0) is 55.8 Å². The standard InChI is InChI=1S/C23H21N5O2S/c1-14-15(2)28(16-8-10-17(30-3)11-9-16)22(18(14)12-24)27-21(29)13-31-23-25-19-6-4-5-7-20(19)26-23/h4-11H,13H2,1-3H3,(H,25,26)(H,27,29). The molecule has 0 fully saturated rings. The van der Waals surface area contributed by atoms with Gasteiger partial charge in [0.15, 0.2) is 5.16 Å². The van der Waals surface area contributed by atoms with Gasteiger partial charge in [0, 0.05) is 11.4 Å². The summed E-state index contributed by atoms with van der Waals surface area (Å²) < 4.78 is 7.12. The summed E-state index contributed by atoms with van der Waals surface area (Å²) in [6, 6.07) is 17.4. The van der Waals surface area contributed by atoms with Crippen molar-refractivity contribution in [3.05, 3.63) is 65.4 Å². The van der Waals surface area contributed by atoms with Crippen molar-refractivity contribution < 1.29 is 9.53 Å². The lowest BCUT2D eigenvalue weighted by atomic mass is 10.2. The van der Waals surface area contributed by atoms with Gasteiger partial charge in [-0.3, -0.25) is 9.36 Å². The summed E-state index contributed by atoms with van der Waals surface area (Å²) in [6.07, 6.45) is 0. The number of imidazole rings is 1. The third-order valence-electron chi connectivity index (χ3n) is 5.12. The van der Waals surface area contributed by atoms with Crippen molar-refractivity contribution in [2.24, 2.45) is 0 Å². The number of aromatic amines is 1. The zero-order valence-corrected chi connectivity index (χ0v) is 18.2. The third kappa shape index (κ3) is 4.00. The van der Waals surface area contributed by atoms with E-state index in [0.29, 0.717) is 16.5 Å². The highest BCUT2D eigenvalue weighted by molar-refractivity contribution is 7.99. The maximum absolute atomic E-state index is 12.8. The quantitative estimate of drug-likeness (QED) is 0.436. The van der Waals surface area contributed by atoms with Gasteiger partial charge in [-0.1, -0.05) is 23.9 Å². The van der Waals surface area contributed by atoms with E-state index in [-0.39, 0.29) is 11.7 Å². The fourth-order valence-corrected chi connectivity index (χ4v) is 4.10. The number of hydrogen-bond acceptors (Lipinski definition) is 5. The van der Waals surface area contributed by atoms with E-state index in [0.717, 1.165) is 33.7 Å². The number of amides is 1. The van der Waals surface area contributed by atoms with Gasteiger partial charge in [0.1, 0.15) is 17.6 Å². The smallest absolute Gasteiger partial charge is 0.236 e. The van der Waals surface area contributed by atoms with E-state index in [4.69, 9.17) is 4.74 Å². The minimum atomic E-state index is -0.214. The largest absolute Gasteiger partial charge is 0.497 e.